The van der Waals surface area contributed by atoms with Crippen LogP contribution in [0.4, 0.5) is 0 Å². The Hall–Kier alpha value is -1.43. The van der Waals surface area contributed by atoms with E-state index in [1.165, 1.54) is 135 Å². The molecule has 0 aromatic carbocycles. The van der Waals surface area contributed by atoms with E-state index in [1.54, 1.807) is 0 Å². The Morgan fingerprint density at radius 1 is 0.490 bits per heavy atom. The number of aliphatic hydroxyl groups excluding tert-OH is 3. The zero-order chi connectivity index (χ0) is 35.9. The third kappa shape index (κ3) is 34.8. The molecular weight excluding hydrogens is 606 g/mol. The molecule has 0 rings (SSSR count). The average Bonchev–Trinajstić information content (AvgIpc) is 3.10. The minimum atomic E-state index is -1.17. The molecule has 1 amide bonds. The lowest BCUT2D eigenvalue weighted by atomic mass is 10.0. The lowest BCUT2D eigenvalue weighted by Crippen LogP contribution is -2.50. The van der Waals surface area contributed by atoms with Gasteiger partial charge in [0.05, 0.1) is 18.8 Å². The summed E-state index contributed by atoms with van der Waals surface area (Å²) in [5.41, 5.74) is 0. The molecule has 0 aliphatic rings. The van der Waals surface area contributed by atoms with Crippen molar-refractivity contribution in [1.29, 1.82) is 0 Å². The number of hydrogen-bond donors (Lipinski definition) is 4. The van der Waals surface area contributed by atoms with Gasteiger partial charge in [0.2, 0.25) is 5.91 Å². The lowest BCUT2D eigenvalue weighted by molar-refractivity contribution is -0.124. The summed E-state index contributed by atoms with van der Waals surface area (Å²) in [5, 5.41) is 33.4. The van der Waals surface area contributed by atoms with Gasteiger partial charge >= 0.3 is 0 Å². The number of rotatable bonds is 38. The van der Waals surface area contributed by atoms with Crippen LogP contribution in [0, 0.1) is 0 Å². The van der Waals surface area contributed by atoms with Crippen LogP contribution in [0.1, 0.15) is 213 Å². The van der Waals surface area contributed by atoms with Gasteiger partial charge in [-0.25, -0.2) is 0 Å². The molecule has 5 heteroatoms. The molecule has 0 aliphatic carbocycles. The van der Waals surface area contributed by atoms with Crippen molar-refractivity contribution >= 4 is 5.91 Å². The largest absolute Gasteiger partial charge is 0.394 e. The number of aliphatic hydroxyl groups is 3. The maximum absolute atomic E-state index is 12.4. The maximum atomic E-state index is 12.4. The van der Waals surface area contributed by atoms with Gasteiger partial charge in [-0.05, 0) is 77.0 Å². The first kappa shape index (κ1) is 47.6. The molecule has 5 nitrogen and oxygen atoms in total. The molecule has 0 bridgehead atoms. The number of allylic oxidation sites excluding steroid dienone is 6. The highest BCUT2D eigenvalue weighted by Gasteiger charge is 2.26. The molecule has 4 N–H and O–H groups in total. The minimum absolute atomic E-state index is 0.176. The molecule has 0 radical (unpaired) electrons. The molecule has 0 heterocycles. The first-order valence-electron chi connectivity index (χ1n) is 21.3. The second-order valence-corrected chi connectivity index (χ2v) is 14.5. The summed E-state index contributed by atoms with van der Waals surface area (Å²) in [7, 11) is 0. The Bertz CT molecular complexity index is 764. The first-order chi connectivity index (χ1) is 24.1. The van der Waals surface area contributed by atoms with Crippen molar-refractivity contribution in [3.05, 3.63) is 36.5 Å². The van der Waals surface area contributed by atoms with Crippen molar-refractivity contribution in [2.24, 2.45) is 0 Å². The van der Waals surface area contributed by atoms with E-state index >= 15 is 0 Å². The van der Waals surface area contributed by atoms with E-state index in [-0.39, 0.29) is 12.5 Å². The van der Waals surface area contributed by atoms with Gasteiger partial charge in [-0.3, -0.25) is 4.79 Å². The fourth-order valence-corrected chi connectivity index (χ4v) is 6.35. The fraction of sp³-hybridized carbons (Fsp3) is 0.841. The molecule has 0 saturated carbocycles. The third-order valence-electron chi connectivity index (χ3n) is 9.69. The molecule has 0 fully saturated rings. The van der Waals surface area contributed by atoms with Gasteiger partial charge in [-0.1, -0.05) is 166 Å². The molecule has 0 aromatic rings. The van der Waals surface area contributed by atoms with E-state index in [1.807, 2.05) is 0 Å². The quantitative estimate of drug-likeness (QED) is 0.0384. The van der Waals surface area contributed by atoms with Crippen LogP contribution in [0.25, 0.3) is 0 Å². The fourth-order valence-electron chi connectivity index (χ4n) is 6.35. The lowest BCUT2D eigenvalue weighted by Gasteiger charge is -2.26. The van der Waals surface area contributed by atoms with Crippen LogP contribution in [-0.2, 0) is 4.79 Å². The Morgan fingerprint density at radius 2 is 0.837 bits per heavy atom. The van der Waals surface area contributed by atoms with Crippen molar-refractivity contribution in [2.75, 3.05) is 6.61 Å². The summed E-state index contributed by atoms with van der Waals surface area (Å²) >= 11 is 0. The monoisotopic (exact) mass is 690 g/mol. The first-order valence-corrected chi connectivity index (χ1v) is 21.3. The minimum Gasteiger partial charge on any atom is -0.394 e. The predicted molar refractivity (Wildman–Crippen MR) is 213 cm³/mol. The van der Waals surface area contributed by atoms with Gasteiger partial charge in [-0.15, -0.1) is 0 Å². The molecule has 49 heavy (non-hydrogen) atoms. The van der Waals surface area contributed by atoms with Gasteiger partial charge in [0.15, 0.2) is 0 Å². The Labute approximate surface area is 304 Å². The maximum Gasteiger partial charge on any atom is 0.220 e. The number of unbranched alkanes of at least 4 members (excludes halogenated alkanes) is 24. The molecule has 0 saturated heterocycles. The van der Waals surface area contributed by atoms with E-state index in [2.05, 4.69) is 55.6 Å². The van der Waals surface area contributed by atoms with Crippen LogP contribution < -0.4 is 5.32 Å². The van der Waals surface area contributed by atoms with Crippen LogP contribution in [0.2, 0.25) is 0 Å². The molecule has 288 valence electrons. The summed E-state index contributed by atoms with van der Waals surface area (Å²) in [5.74, 6) is -0.176. The number of nitrogens with one attached hydrogen (secondary N) is 1. The number of amides is 1. The topological polar surface area (TPSA) is 89.8 Å². The van der Waals surface area contributed by atoms with Crippen LogP contribution >= 0.6 is 0 Å². The van der Waals surface area contributed by atoms with E-state index < -0.39 is 18.2 Å². The van der Waals surface area contributed by atoms with Gasteiger partial charge in [0.25, 0.3) is 0 Å². The van der Waals surface area contributed by atoms with Crippen molar-refractivity contribution in [1.82, 2.24) is 5.32 Å². The molecule has 3 unspecified atom stereocenters. The van der Waals surface area contributed by atoms with Crippen LogP contribution in [0.5, 0.6) is 0 Å². The number of carbonyl (C=O) groups excluding carboxylic acids is 1. The van der Waals surface area contributed by atoms with Crippen LogP contribution in [0.3, 0.4) is 0 Å². The van der Waals surface area contributed by atoms with Crippen LogP contribution in [-0.4, -0.2) is 46.1 Å². The molecular formula is C44H83NO4. The number of hydrogen-bond acceptors (Lipinski definition) is 4. The summed E-state index contributed by atoms with van der Waals surface area (Å²) in [6, 6.07) is -0.838. The SMILES string of the molecule is CCCCCCCC/C=C\CCCCCC(=O)NC(CO)C(O)C(O)CCC/C=C/CC/C=C/CCCCCCCCCCCCCCC. The second kappa shape index (κ2) is 39.4. The second-order valence-electron chi connectivity index (χ2n) is 14.5. The zero-order valence-electron chi connectivity index (χ0n) is 32.6. The van der Waals surface area contributed by atoms with E-state index in [0.717, 1.165) is 51.4 Å². The number of carbonyl (C=O) groups is 1. The molecule has 0 spiro atoms. The van der Waals surface area contributed by atoms with Crippen molar-refractivity contribution in [2.45, 2.75) is 231 Å². The summed E-state index contributed by atoms with van der Waals surface area (Å²) < 4.78 is 0. The highest BCUT2D eigenvalue weighted by atomic mass is 16.3. The Kier molecular flexibility index (Phi) is 38.2. The van der Waals surface area contributed by atoms with Gasteiger partial charge in [0.1, 0.15) is 6.10 Å². The van der Waals surface area contributed by atoms with Gasteiger partial charge in [0, 0.05) is 6.42 Å². The highest BCUT2D eigenvalue weighted by Crippen LogP contribution is 2.14. The van der Waals surface area contributed by atoms with E-state index in [4.69, 9.17) is 0 Å². The van der Waals surface area contributed by atoms with Crippen molar-refractivity contribution in [3.8, 4) is 0 Å². The van der Waals surface area contributed by atoms with E-state index in [0.29, 0.717) is 12.8 Å². The zero-order valence-corrected chi connectivity index (χ0v) is 32.6. The molecule has 3 atom stereocenters. The smallest absolute Gasteiger partial charge is 0.220 e. The molecule has 0 aliphatic heterocycles. The average molecular weight is 690 g/mol. The van der Waals surface area contributed by atoms with Crippen molar-refractivity contribution < 1.29 is 20.1 Å². The van der Waals surface area contributed by atoms with Crippen molar-refractivity contribution in [3.63, 3.8) is 0 Å². The van der Waals surface area contributed by atoms with Gasteiger partial charge < -0.3 is 20.6 Å². The summed E-state index contributed by atoms with van der Waals surface area (Å²) in [6.07, 6.45) is 48.3. The normalized spacial score (nSPS) is 14.0. The van der Waals surface area contributed by atoms with E-state index in [9.17, 15) is 20.1 Å². The van der Waals surface area contributed by atoms with Crippen LogP contribution in [0.15, 0.2) is 36.5 Å². The standard InChI is InChI=1S/C44H83NO4/c1-3-5-7-9-11-13-15-17-18-19-20-21-22-23-24-25-27-28-30-32-34-36-38-42(47)44(49)41(40-46)45-43(48)39-37-35-33-31-29-26-16-14-12-10-8-6-4-2/h24-26,29-30,32,41-42,44,46-47,49H,3-23,27-28,31,33-40H2,1-2H3,(H,45,48)/b25-24+,29-26-,32-30+. The Balaban J connectivity index is 3.72. The predicted octanol–water partition coefficient (Wildman–Crippen LogP) is 12.0. The summed E-state index contributed by atoms with van der Waals surface area (Å²) in [6.45, 7) is 4.14. The Morgan fingerprint density at radius 3 is 1.24 bits per heavy atom. The molecule has 0 aromatic heterocycles. The summed E-state index contributed by atoms with van der Waals surface area (Å²) in [4.78, 5) is 12.4. The van der Waals surface area contributed by atoms with Gasteiger partial charge in [-0.2, -0.15) is 0 Å². The highest BCUT2D eigenvalue weighted by molar-refractivity contribution is 5.76. The third-order valence-corrected chi connectivity index (χ3v) is 9.69.